The lowest BCUT2D eigenvalue weighted by molar-refractivity contribution is -0.118. The van der Waals surface area contributed by atoms with E-state index in [4.69, 9.17) is 11.6 Å². The third kappa shape index (κ3) is 4.51. The summed E-state index contributed by atoms with van der Waals surface area (Å²) in [5.41, 5.74) is 1.66. The van der Waals surface area contributed by atoms with Gasteiger partial charge in [-0.25, -0.2) is 4.98 Å². The molecule has 4 nitrogen and oxygen atoms in total. The van der Waals surface area contributed by atoms with Crippen LogP contribution in [0.5, 0.6) is 0 Å². The van der Waals surface area contributed by atoms with Crippen LogP contribution in [0.3, 0.4) is 0 Å². The molecule has 1 heterocycles. The zero-order valence-electron chi connectivity index (χ0n) is 14.5. The van der Waals surface area contributed by atoms with Crippen molar-refractivity contribution in [1.29, 1.82) is 5.26 Å². The number of benzene rings is 1. The van der Waals surface area contributed by atoms with Crippen LogP contribution in [-0.4, -0.2) is 16.9 Å². The Morgan fingerprint density at radius 2 is 2.08 bits per heavy atom. The van der Waals surface area contributed by atoms with Crippen LogP contribution in [0.4, 0.5) is 0 Å². The van der Waals surface area contributed by atoms with Gasteiger partial charge in [0.1, 0.15) is 16.6 Å². The van der Waals surface area contributed by atoms with Gasteiger partial charge in [-0.1, -0.05) is 43.5 Å². The number of nitrogens with zero attached hydrogens (tertiary/aromatic N) is 2. The molecular formula is C20H20ClN3OS. The lowest BCUT2D eigenvalue weighted by Crippen LogP contribution is -2.41. The highest BCUT2D eigenvalue weighted by molar-refractivity contribution is 7.13. The van der Waals surface area contributed by atoms with Crippen LogP contribution in [0.2, 0.25) is 5.02 Å². The third-order valence-electron chi connectivity index (χ3n) is 4.70. The first-order chi connectivity index (χ1) is 12.6. The topological polar surface area (TPSA) is 65.8 Å². The average Bonchev–Trinajstić information content (AvgIpc) is 3.10. The lowest BCUT2D eigenvalue weighted by atomic mass is 9.86. The third-order valence-corrected chi connectivity index (χ3v) is 5.86. The van der Waals surface area contributed by atoms with E-state index >= 15 is 0 Å². The maximum Gasteiger partial charge on any atom is 0.262 e. The first-order valence-corrected chi connectivity index (χ1v) is 9.96. The van der Waals surface area contributed by atoms with Crippen molar-refractivity contribution in [3.63, 3.8) is 0 Å². The molecule has 0 aliphatic heterocycles. The van der Waals surface area contributed by atoms with E-state index in [9.17, 15) is 10.1 Å². The zero-order chi connectivity index (χ0) is 18.5. The number of halogens is 1. The van der Waals surface area contributed by atoms with E-state index in [1.54, 1.807) is 6.08 Å². The van der Waals surface area contributed by atoms with E-state index in [0.29, 0.717) is 16.6 Å². The Morgan fingerprint density at radius 1 is 1.35 bits per heavy atom. The molecule has 1 amide bonds. The van der Waals surface area contributed by atoms with Crippen molar-refractivity contribution in [2.45, 2.75) is 38.6 Å². The second-order valence-electron chi connectivity index (χ2n) is 6.60. The molecule has 1 aliphatic carbocycles. The molecule has 1 aromatic carbocycles. The molecule has 0 radical (unpaired) electrons. The summed E-state index contributed by atoms with van der Waals surface area (Å²) in [5.74, 6) is 0.135. The highest BCUT2D eigenvalue weighted by Gasteiger charge is 2.24. The molecule has 26 heavy (non-hydrogen) atoms. The molecule has 1 aromatic heterocycles. The molecule has 6 heteroatoms. The van der Waals surface area contributed by atoms with Gasteiger partial charge in [-0.15, -0.1) is 11.3 Å². The molecule has 0 spiro atoms. The largest absolute Gasteiger partial charge is 0.348 e. The van der Waals surface area contributed by atoms with Gasteiger partial charge in [-0.05, 0) is 37.0 Å². The summed E-state index contributed by atoms with van der Waals surface area (Å²) in [6.45, 7) is 2.15. The molecule has 134 valence electrons. The molecule has 1 aliphatic rings. The fraction of sp³-hybridized carbons (Fsp3) is 0.350. The van der Waals surface area contributed by atoms with Gasteiger partial charge in [0.15, 0.2) is 0 Å². The van der Waals surface area contributed by atoms with Gasteiger partial charge in [0.2, 0.25) is 0 Å². The zero-order valence-corrected chi connectivity index (χ0v) is 16.1. The van der Waals surface area contributed by atoms with Crippen molar-refractivity contribution in [3.8, 4) is 16.6 Å². The van der Waals surface area contributed by atoms with E-state index < -0.39 is 0 Å². The summed E-state index contributed by atoms with van der Waals surface area (Å²) in [4.78, 5) is 17.0. The molecule has 3 rings (SSSR count). The molecule has 0 saturated heterocycles. The minimum Gasteiger partial charge on any atom is -0.348 e. The van der Waals surface area contributed by atoms with Crippen molar-refractivity contribution in [2.75, 3.05) is 0 Å². The Kier molecular flexibility index (Phi) is 6.08. The number of nitrogens with one attached hydrogen (secondary N) is 1. The number of thiazole rings is 1. The summed E-state index contributed by atoms with van der Waals surface area (Å²) < 4.78 is 0. The number of carbonyl (C=O) groups is 1. The lowest BCUT2D eigenvalue weighted by Gasteiger charge is -2.29. The van der Waals surface area contributed by atoms with Crippen LogP contribution in [0, 0.1) is 17.2 Å². The summed E-state index contributed by atoms with van der Waals surface area (Å²) in [6, 6.07) is 9.58. The minimum atomic E-state index is -0.313. The Hall–Kier alpha value is -2.16. The molecule has 1 N–H and O–H groups in total. The van der Waals surface area contributed by atoms with Gasteiger partial charge in [0.05, 0.1) is 5.69 Å². The van der Waals surface area contributed by atoms with Gasteiger partial charge in [-0.3, -0.25) is 4.79 Å². The molecule has 1 saturated carbocycles. The predicted molar refractivity (Wildman–Crippen MR) is 106 cm³/mol. The molecule has 2 atom stereocenters. The number of aromatic nitrogens is 1. The minimum absolute atomic E-state index is 0.0933. The Labute approximate surface area is 162 Å². The van der Waals surface area contributed by atoms with Gasteiger partial charge in [0, 0.05) is 22.0 Å². The van der Waals surface area contributed by atoms with Crippen molar-refractivity contribution >= 4 is 34.9 Å². The normalized spacial score (nSPS) is 20.4. The Bertz CT molecular complexity index is 851. The van der Waals surface area contributed by atoms with Crippen LogP contribution >= 0.6 is 22.9 Å². The van der Waals surface area contributed by atoms with Gasteiger partial charge in [0.25, 0.3) is 5.91 Å². The molecular weight excluding hydrogens is 366 g/mol. The number of hydrogen-bond acceptors (Lipinski definition) is 4. The van der Waals surface area contributed by atoms with E-state index in [-0.39, 0.29) is 17.5 Å². The molecule has 0 unspecified atom stereocenters. The quantitative estimate of drug-likeness (QED) is 0.590. The van der Waals surface area contributed by atoms with E-state index in [2.05, 4.69) is 17.2 Å². The van der Waals surface area contributed by atoms with Crippen molar-refractivity contribution in [3.05, 3.63) is 45.9 Å². The average molecular weight is 386 g/mol. The van der Waals surface area contributed by atoms with Crippen LogP contribution < -0.4 is 5.32 Å². The highest BCUT2D eigenvalue weighted by atomic mass is 35.5. The van der Waals surface area contributed by atoms with Crippen molar-refractivity contribution in [1.82, 2.24) is 10.3 Å². The fourth-order valence-electron chi connectivity index (χ4n) is 3.15. The van der Waals surface area contributed by atoms with Crippen LogP contribution in [0.15, 0.2) is 35.2 Å². The highest BCUT2D eigenvalue weighted by Crippen LogP contribution is 2.26. The van der Waals surface area contributed by atoms with E-state index in [1.165, 1.54) is 17.8 Å². The summed E-state index contributed by atoms with van der Waals surface area (Å²) in [6.07, 6.45) is 5.98. The van der Waals surface area contributed by atoms with E-state index in [1.807, 2.05) is 35.7 Å². The van der Waals surface area contributed by atoms with Crippen LogP contribution in [0.25, 0.3) is 16.6 Å². The van der Waals surface area contributed by atoms with Gasteiger partial charge < -0.3 is 5.32 Å². The molecule has 2 aromatic rings. The monoisotopic (exact) mass is 385 g/mol. The molecule has 0 bridgehead atoms. The first-order valence-electron chi connectivity index (χ1n) is 8.71. The summed E-state index contributed by atoms with van der Waals surface area (Å²) in [5, 5.41) is 15.7. The molecule has 1 fully saturated rings. The van der Waals surface area contributed by atoms with E-state index in [0.717, 1.165) is 29.8 Å². The maximum atomic E-state index is 12.5. The maximum absolute atomic E-state index is 12.5. The Morgan fingerprint density at radius 3 is 2.77 bits per heavy atom. The summed E-state index contributed by atoms with van der Waals surface area (Å²) >= 11 is 7.38. The van der Waals surface area contributed by atoms with Crippen LogP contribution in [-0.2, 0) is 4.79 Å². The smallest absolute Gasteiger partial charge is 0.262 e. The van der Waals surface area contributed by atoms with Crippen LogP contribution in [0.1, 0.15) is 38.3 Å². The van der Waals surface area contributed by atoms with Crippen molar-refractivity contribution in [2.24, 2.45) is 5.92 Å². The van der Waals surface area contributed by atoms with Crippen molar-refractivity contribution < 1.29 is 4.79 Å². The number of hydrogen-bond donors (Lipinski definition) is 1. The summed E-state index contributed by atoms with van der Waals surface area (Å²) in [7, 11) is 0. The SMILES string of the molecule is C[C@H]1CCCC[C@@H]1NC(=O)/C(C#N)=C/c1csc(-c2ccc(Cl)cc2)n1. The second kappa shape index (κ2) is 8.48. The predicted octanol–water partition coefficient (Wildman–Crippen LogP) is 5.07. The van der Waals surface area contributed by atoms with Gasteiger partial charge >= 0.3 is 0 Å². The number of nitriles is 1. The number of rotatable bonds is 4. The number of amides is 1. The fourth-order valence-corrected chi connectivity index (χ4v) is 4.06. The van der Waals surface area contributed by atoms with Gasteiger partial charge in [-0.2, -0.15) is 5.26 Å². The second-order valence-corrected chi connectivity index (χ2v) is 7.89. The number of carbonyl (C=O) groups excluding carboxylic acids is 1. The Balaban J connectivity index is 1.73. The standard InChI is InChI=1S/C20H20ClN3OS/c1-13-4-2-3-5-18(13)24-19(25)15(11-22)10-17-12-26-20(23-17)14-6-8-16(21)9-7-14/h6-10,12-13,18H,2-5H2,1H3,(H,24,25)/b15-10+/t13-,18-/m0/s1. The first kappa shape index (κ1) is 18.6.